The molecule has 0 aromatic heterocycles. The van der Waals surface area contributed by atoms with Gasteiger partial charge in [-0.05, 0) is 57.5 Å². The van der Waals surface area contributed by atoms with Crippen molar-refractivity contribution in [2.45, 2.75) is 37.8 Å². The minimum atomic E-state index is -0.0320. The third-order valence-electron chi connectivity index (χ3n) is 4.49. The van der Waals surface area contributed by atoms with Gasteiger partial charge in [0.25, 0.3) is 0 Å². The fourth-order valence-electron chi connectivity index (χ4n) is 3.46. The highest BCUT2D eigenvalue weighted by Gasteiger charge is 2.35. The van der Waals surface area contributed by atoms with Crippen molar-refractivity contribution in [2.24, 2.45) is 0 Å². The zero-order valence-electron chi connectivity index (χ0n) is 12.2. The molecule has 1 aromatic rings. The number of rotatable bonds is 3. The number of amides is 1. The summed E-state index contributed by atoms with van der Waals surface area (Å²) in [5.41, 5.74) is 0.664. The second kappa shape index (κ2) is 6.45. The van der Waals surface area contributed by atoms with Crippen molar-refractivity contribution >= 4 is 11.6 Å². The average molecular weight is 289 g/mol. The topological polar surface area (TPSA) is 64.6 Å². The van der Waals surface area contributed by atoms with E-state index < -0.39 is 0 Å². The number of phenols is 1. The quantitative estimate of drug-likeness (QED) is 0.790. The first-order valence-electron chi connectivity index (χ1n) is 7.80. The Morgan fingerprint density at radius 2 is 2.10 bits per heavy atom. The second-order valence-electron chi connectivity index (χ2n) is 5.92. The van der Waals surface area contributed by atoms with E-state index in [4.69, 9.17) is 0 Å². The van der Waals surface area contributed by atoms with Crippen LogP contribution in [0.25, 0.3) is 0 Å². The normalized spacial score (nSPS) is 24.1. The smallest absolute Gasteiger partial charge is 0.241 e. The van der Waals surface area contributed by atoms with E-state index in [9.17, 15) is 9.90 Å². The van der Waals surface area contributed by atoms with E-state index in [2.05, 4.69) is 15.5 Å². The first-order chi connectivity index (χ1) is 10.2. The lowest BCUT2D eigenvalue weighted by molar-refractivity contribution is -0.121. The molecule has 5 heteroatoms. The molecular weight excluding hydrogens is 266 g/mol. The standard InChI is InChI=1S/C16H23N3O2/c20-14-4-1-3-12(11-14)18-16(21)15-5-2-10-19(15)13-6-8-17-9-7-13/h1,3-4,11,13,15,17,20H,2,5-10H2,(H,18,21). The van der Waals surface area contributed by atoms with Crippen molar-refractivity contribution in [2.75, 3.05) is 25.0 Å². The van der Waals surface area contributed by atoms with Gasteiger partial charge in [-0.1, -0.05) is 6.07 Å². The van der Waals surface area contributed by atoms with Gasteiger partial charge in [-0.2, -0.15) is 0 Å². The van der Waals surface area contributed by atoms with Crippen LogP contribution in [0.2, 0.25) is 0 Å². The molecule has 114 valence electrons. The Morgan fingerprint density at radius 3 is 2.86 bits per heavy atom. The summed E-state index contributed by atoms with van der Waals surface area (Å²) in [5.74, 6) is 0.228. The molecular formula is C16H23N3O2. The van der Waals surface area contributed by atoms with Crippen molar-refractivity contribution in [3.63, 3.8) is 0 Å². The van der Waals surface area contributed by atoms with Crippen LogP contribution in [-0.2, 0) is 4.79 Å². The summed E-state index contributed by atoms with van der Waals surface area (Å²) in [6.45, 7) is 3.10. The molecule has 0 saturated carbocycles. The summed E-state index contributed by atoms with van der Waals surface area (Å²) in [6, 6.07) is 7.23. The summed E-state index contributed by atoms with van der Waals surface area (Å²) < 4.78 is 0. The number of phenolic OH excluding ortho intramolecular Hbond substituents is 1. The van der Waals surface area contributed by atoms with Gasteiger partial charge in [-0.15, -0.1) is 0 Å². The monoisotopic (exact) mass is 289 g/mol. The van der Waals surface area contributed by atoms with Crippen LogP contribution in [-0.4, -0.2) is 47.6 Å². The first kappa shape index (κ1) is 14.4. The summed E-state index contributed by atoms with van der Waals surface area (Å²) >= 11 is 0. The van der Waals surface area contributed by atoms with Crippen LogP contribution < -0.4 is 10.6 Å². The maximum absolute atomic E-state index is 12.5. The Bertz CT molecular complexity index is 500. The highest BCUT2D eigenvalue weighted by Crippen LogP contribution is 2.26. The van der Waals surface area contributed by atoms with E-state index in [0.29, 0.717) is 11.7 Å². The molecule has 1 amide bonds. The van der Waals surface area contributed by atoms with Crippen molar-refractivity contribution < 1.29 is 9.90 Å². The van der Waals surface area contributed by atoms with Gasteiger partial charge in [0.05, 0.1) is 6.04 Å². The molecule has 2 aliphatic rings. The average Bonchev–Trinajstić information content (AvgIpc) is 2.98. The van der Waals surface area contributed by atoms with E-state index in [1.165, 1.54) is 0 Å². The molecule has 3 N–H and O–H groups in total. The lowest BCUT2D eigenvalue weighted by Crippen LogP contribution is -2.49. The van der Waals surface area contributed by atoms with Gasteiger partial charge < -0.3 is 15.7 Å². The summed E-state index contributed by atoms with van der Waals surface area (Å²) in [6.07, 6.45) is 4.25. The molecule has 2 heterocycles. The minimum Gasteiger partial charge on any atom is -0.508 e. The van der Waals surface area contributed by atoms with E-state index in [0.717, 1.165) is 45.3 Å². The van der Waals surface area contributed by atoms with Crippen LogP contribution in [0.1, 0.15) is 25.7 Å². The first-order valence-corrected chi connectivity index (χ1v) is 7.80. The van der Waals surface area contributed by atoms with Gasteiger partial charge in [0.15, 0.2) is 0 Å². The number of likely N-dealkylation sites (tertiary alicyclic amines) is 1. The Morgan fingerprint density at radius 1 is 1.29 bits per heavy atom. The second-order valence-corrected chi connectivity index (χ2v) is 5.92. The van der Waals surface area contributed by atoms with Crippen LogP contribution >= 0.6 is 0 Å². The highest BCUT2D eigenvalue weighted by atomic mass is 16.3. The molecule has 0 spiro atoms. The van der Waals surface area contributed by atoms with E-state index >= 15 is 0 Å². The molecule has 5 nitrogen and oxygen atoms in total. The van der Waals surface area contributed by atoms with Crippen molar-refractivity contribution in [3.05, 3.63) is 24.3 Å². The molecule has 0 radical (unpaired) electrons. The van der Waals surface area contributed by atoms with E-state index in [1.807, 2.05) is 0 Å². The van der Waals surface area contributed by atoms with E-state index in [-0.39, 0.29) is 17.7 Å². The SMILES string of the molecule is O=C(Nc1cccc(O)c1)C1CCCN1C1CCNCC1. The maximum atomic E-state index is 12.5. The predicted octanol–water partition coefficient (Wildman–Crippen LogP) is 1.55. The van der Waals surface area contributed by atoms with Crippen LogP contribution in [0.15, 0.2) is 24.3 Å². The Hall–Kier alpha value is -1.59. The maximum Gasteiger partial charge on any atom is 0.241 e. The Balaban J connectivity index is 1.65. The number of piperidine rings is 1. The zero-order chi connectivity index (χ0) is 14.7. The number of hydrogen-bond acceptors (Lipinski definition) is 4. The molecule has 2 aliphatic heterocycles. The summed E-state index contributed by atoms with van der Waals surface area (Å²) in [7, 11) is 0. The lowest BCUT2D eigenvalue weighted by atomic mass is 10.0. The number of carbonyl (C=O) groups is 1. The zero-order valence-corrected chi connectivity index (χ0v) is 12.2. The van der Waals surface area contributed by atoms with Gasteiger partial charge >= 0.3 is 0 Å². The largest absolute Gasteiger partial charge is 0.508 e. The fourth-order valence-corrected chi connectivity index (χ4v) is 3.46. The number of nitrogens with zero attached hydrogens (tertiary/aromatic N) is 1. The molecule has 2 fully saturated rings. The molecule has 1 aromatic carbocycles. The number of benzene rings is 1. The van der Waals surface area contributed by atoms with Crippen molar-refractivity contribution in [1.82, 2.24) is 10.2 Å². The molecule has 0 bridgehead atoms. The number of nitrogens with one attached hydrogen (secondary N) is 2. The van der Waals surface area contributed by atoms with Gasteiger partial charge in [0, 0.05) is 17.8 Å². The van der Waals surface area contributed by atoms with Gasteiger partial charge in [0.1, 0.15) is 5.75 Å². The number of aromatic hydroxyl groups is 1. The Kier molecular flexibility index (Phi) is 4.41. The molecule has 0 aliphatic carbocycles. The third-order valence-corrected chi connectivity index (χ3v) is 4.49. The number of carbonyl (C=O) groups excluding carboxylic acids is 1. The van der Waals surface area contributed by atoms with Crippen LogP contribution in [0.3, 0.4) is 0 Å². The number of anilines is 1. The van der Waals surface area contributed by atoms with Crippen LogP contribution in [0, 0.1) is 0 Å². The minimum absolute atomic E-state index is 0.0320. The fraction of sp³-hybridized carbons (Fsp3) is 0.562. The molecule has 1 atom stereocenters. The summed E-state index contributed by atoms with van der Waals surface area (Å²) in [5, 5.41) is 15.8. The van der Waals surface area contributed by atoms with Crippen LogP contribution in [0.5, 0.6) is 5.75 Å². The molecule has 3 rings (SSSR count). The molecule has 1 unspecified atom stereocenters. The van der Waals surface area contributed by atoms with Crippen LogP contribution in [0.4, 0.5) is 5.69 Å². The molecule has 2 saturated heterocycles. The third kappa shape index (κ3) is 3.36. The lowest BCUT2D eigenvalue weighted by Gasteiger charge is -2.35. The predicted molar refractivity (Wildman–Crippen MR) is 82.4 cm³/mol. The van der Waals surface area contributed by atoms with Gasteiger partial charge in [0.2, 0.25) is 5.91 Å². The van der Waals surface area contributed by atoms with Crippen molar-refractivity contribution in [1.29, 1.82) is 0 Å². The van der Waals surface area contributed by atoms with E-state index in [1.54, 1.807) is 24.3 Å². The Labute approximate surface area is 125 Å². The van der Waals surface area contributed by atoms with Gasteiger partial charge in [-0.3, -0.25) is 9.69 Å². The summed E-state index contributed by atoms with van der Waals surface area (Å²) in [4.78, 5) is 14.9. The number of hydrogen-bond donors (Lipinski definition) is 3. The highest BCUT2D eigenvalue weighted by molar-refractivity contribution is 5.95. The van der Waals surface area contributed by atoms with Gasteiger partial charge in [-0.25, -0.2) is 0 Å². The van der Waals surface area contributed by atoms with Crippen molar-refractivity contribution in [3.8, 4) is 5.75 Å². The molecule has 21 heavy (non-hydrogen) atoms.